The van der Waals surface area contributed by atoms with Gasteiger partial charge in [-0.3, -0.25) is 9.99 Å². The molecule has 0 saturated carbocycles. The zero-order chi connectivity index (χ0) is 18.6. The minimum atomic E-state index is -0.287. The highest BCUT2D eigenvalue weighted by molar-refractivity contribution is 7.10. The average Bonchev–Trinajstić information content (AvgIpc) is 3.51. The standard InChI is InChI=1S/C23H20N4S/c1-2-11-24-19(5-1)22-23(21-7-4-14-28-21,20-6-3-13-27(20)26-22)17-8-9-18-16(15-17)10-12-25-18/h1-2,4-5,7-12,14-15,20,25H,3,6,13H2. The summed E-state index contributed by atoms with van der Waals surface area (Å²) in [5.74, 6) is 0. The van der Waals surface area contributed by atoms with Crippen LogP contribution in [0, 0.1) is 0 Å². The summed E-state index contributed by atoms with van der Waals surface area (Å²) < 4.78 is 0. The van der Waals surface area contributed by atoms with E-state index in [1.807, 2.05) is 29.8 Å². The van der Waals surface area contributed by atoms with Crippen LogP contribution in [-0.2, 0) is 5.41 Å². The van der Waals surface area contributed by atoms with Crippen molar-refractivity contribution in [1.82, 2.24) is 15.0 Å². The van der Waals surface area contributed by atoms with Gasteiger partial charge in [-0.05, 0) is 65.6 Å². The number of aromatic nitrogens is 2. The number of hydrogen-bond acceptors (Lipinski definition) is 4. The SMILES string of the molecule is c1ccc(C2=NN3CCCC3C2(c2ccc3[nH]ccc3c2)c2cccs2)nc1. The van der Waals surface area contributed by atoms with Crippen LogP contribution in [0.15, 0.2) is 77.5 Å². The molecule has 1 fully saturated rings. The summed E-state index contributed by atoms with van der Waals surface area (Å²) in [4.78, 5) is 9.38. The Labute approximate surface area is 167 Å². The number of hydrogen-bond donors (Lipinski definition) is 1. The van der Waals surface area contributed by atoms with Gasteiger partial charge in [-0.1, -0.05) is 18.2 Å². The number of fused-ring (bicyclic) bond motifs is 2. The number of thiophene rings is 1. The molecular formula is C23H20N4S. The second-order valence-electron chi connectivity index (χ2n) is 7.55. The van der Waals surface area contributed by atoms with Gasteiger partial charge in [0.25, 0.3) is 0 Å². The average molecular weight is 385 g/mol. The Morgan fingerprint density at radius 1 is 1.11 bits per heavy atom. The molecule has 138 valence electrons. The van der Waals surface area contributed by atoms with Crippen molar-refractivity contribution < 1.29 is 0 Å². The Bertz CT molecular complexity index is 1160. The topological polar surface area (TPSA) is 44.3 Å². The zero-order valence-electron chi connectivity index (χ0n) is 15.4. The van der Waals surface area contributed by atoms with Crippen LogP contribution in [-0.4, -0.2) is 33.3 Å². The van der Waals surface area contributed by atoms with Crippen molar-refractivity contribution >= 4 is 28.0 Å². The van der Waals surface area contributed by atoms with Crippen molar-refractivity contribution in [3.63, 3.8) is 0 Å². The van der Waals surface area contributed by atoms with Crippen molar-refractivity contribution in [2.24, 2.45) is 5.10 Å². The first kappa shape index (κ1) is 16.1. The number of nitrogens with one attached hydrogen (secondary N) is 1. The van der Waals surface area contributed by atoms with Gasteiger partial charge in [-0.2, -0.15) is 5.10 Å². The van der Waals surface area contributed by atoms with Crippen molar-refractivity contribution in [3.8, 4) is 0 Å². The molecule has 4 aromatic rings. The van der Waals surface area contributed by atoms with E-state index in [-0.39, 0.29) is 5.41 Å². The molecule has 3 aromatic heterocycles. The predicted molar refractivity (Wildman–Crippen MR) is 114 cm³/mol. The van der Waals surface area contributed by atoms with Crippen LogP contribution in [0.25, 0.3) is 10.9 Å². The Morgan fingerprint density at radius 3 is 2.96 bits per heavy atom. The lowest BCUT2D eigenvalue weighted by Gasteiger charge is -2.36. The summed E-state index contributed by atoms with van der Waals surface area (Å²) >= 11 is 1.83. The van der Waals surface area contributed by atoms with Gasteiger partial charge in [0.1, 0.15) is 5.71 Å². The van der Waals surface area contributed by atoms with Crippen LogP contribution in [0.1, 0.15) is 29.0 Å². The molecule has 0 spiro atoms. The molecule has 1 N–H and O–H groups in total. The van der Waals surface area contributed by atoms with Crippen molar-refractivity contribution in [2.75, 3.05) is 6.54 Å². The van der Waals surface area contributed by atoms with Crippen molar-refractivity contribution in [2.45, 2.75) is 24.3 Å². The van der Waals surface area contributed by atoms with E-state index in [1.54, 1.807) is 0 Å². The van der Waals surface area contributed by atoms with E-state index in [0.717, 1.165) is 24.4 Å². The first-order valence-corrected chi connectivity index (χ1v) is 10.6. The number of aromatic amines is 1. The van der Waals surface area contributed by atoms with Crippen LogP contribution >= 0.6 is 11.3 Å². The summed E-state index contributed by atoms with van der Waals surface area (Å²) in [5, 5.41) is 10.9. The van der Waals surface area contributed by atoms with Crippen molar-refractivity contribution in [3.05, 3.63) is 88.5 Å². The maximum atomic E-state index is 5.16. The number of hydrazone groups is 1. The lowest BCUT2D eigenvalue weighted by atomic mass is 9.68. The van der Waals surface area contributed by atoms with Gasteiger partial charge in [0, 0.05) is 29.3 Å². The molecule has 4 nitrogen and oxygen atoms in total. The van der Waals surface area contributed by atoms with Gasteiger partial charge in [-0.15, -0.1) is 11.3 Å². The molecule has 2 aliphatic rings. The van der Waals surface area contributed by atoms with Gasteiger partial charge < -0.3 is 4.98 Å². The molecular weight excluding hydrogens is 364 g/mol. The predicted octanol–water partition coefficient (Wildman–Crippen LogP) is 4.79. The van der Waals surface area contributed by atoms with E-state index >= 15 is 0 Å². The summed E-state index contributed by atoms with van der Waals surface area (Å²) in [5.41, 5.74) is 4.24. The first-order valence-electron chi connectivity index (χ1n) is 9.76. The van der Waals surface area contributed by atoms with Gasteiger partial charge in [0.05, 0.1) is 17.2 Å². The van der Waals surface area contributed by atoms with Gasteiger partial charge in [0.15, 0.2) is 0 Å². The quantitative estimate of drug-likeness (QED) is 0.552. The van der Waals surface area contributed by atoms with Crippen molar-refractivity contribution in [1.29, 1.82) is 0 Å². The summed E-state index contributed by atoms with van der Waals surface area (Å²) in [7, 11) is 0. The van der Waals surface area contributed by atoms with E-state index in [1.165, 1.54) is 27.8 Å². The van der Waals surface area contributed by atoms with Crippen LogP contribution in [0.3, 0.4) is 0 Å². The molecule has 0 radical (unpaired) electrons. The van der Waals surface area contributed by atoms with E-state index in [2.05, 4.69) is 63.9 Å². The summed E-state index contributed by atoms with van der Waals surface area (Å²) in [6.45, 7) is 1.01. The van der Waals surface area contributed by atoms with E-state index < -0.39 is 0 Å². The normalized spacial score (nSPS) is 23.9. The number of H-pyrrole nitrogens is 1. The van der Waals surface area contributed by atoms with Gasteiger partial charge >= 0.3 is 0 Å². The molecule has 2 unspecified atom stereocenters. The minimum absolute atomic E-state index is 0.287. The fourth-order valence-corrected chi connectivity index (χ4v) is 5.98. The Balaban J connectivity index is 1.67. The zero-order valence-corrected chi connectivity index (χ0v) is 16.2. The molecule has 28 heavy (non-hydrogen) atoms. The number of nitrogens with zero attached hydrogens (tertiary/aromatic N) is 3. The molecule has 1 aromatic carbocycles. The highest BCUT2D eigenvalue weighted by Crippen LogP contribution is 2.50. The van der Waals surface area contributed by atoms with Crippen LogP contribution < -0.4 is 0 Å². The maximum absolute atomic E-state index is 5.16. The first-order chi connectivity index (χ1) is 13.9. The molecule has 0 amide bonds. The second-order valence-corrected chi connectivity index (χ2v) is 8.50. The summed E-state index contributed by atoms with van der Waals surface area (Å²) in [6, 6.07) is 19.9. The fraction of sp³-hybridized carbons (Fsp3) is 0.217. The van der Waals surface area contributed by atoms with Gasteiger partial charge in [-0.25, -0.2) is 0 Å². The molecule has 2 aliphatic heterocycles. The monoisotopic (exact) mass is 384 g/mol. The lowest BCUT2D eigenvalue weighted by Crippen LogP contribution is -2.46. The molecule has 0 bridgehead atoms. The van der Waals surface area contributed by atoms with Gasteiger partial charge in [0.2, 0.25) is 0 Å². The molecule has 1 saturated heterocycles. The molecule has 5 heteroatoms. The largest absolute Gasteiger partial charge is 0.361 e. The Morgan fingerprint density at radius 2 is 2.11 bits per heavy atom. The highest BCUT2D eigenvalue weighted by Gasteiger charge is 2.56. The van der Waals surface area contributed by atoms with E-state index in [4.69, 9.17) is 10.1 Å². The number of benzene rings is 1. The molecule has 5 heterocycles. The molecule has 6 rings (SSSR count). The van der Waals surface area contributed by atoms with Crippen LogP contribution in [0.4, 0.5) is 0 Å². The molecule has 0 aliphatic carbocycles. The maximum Gasteiger partial charge on any atom is 0.104 e. The third-order valence-electron chi connectivity index (χ3n) is 6.15. The minimum Gasteiger partial charge on any atom is -0.361 e. The Hall–Kier alpha value is -2.92. The third kappa shape index (κ3) is 2.11. The summed E-state index contributed by atoms with van der Waals surface area (Å²) in [6.07, 6.45) is 6.21. The number of pyridine rings is 1. The highest BCUT2D eigenvalue weighted by atomic mass is 32.1. The second kappa shape index (κ2) is 6.04. The van der Waals surface area contributed by atoms with E-state index in [9.17, 15) is 0 Å². The fourth-order valence-electron chi connectivity index (χ4n) is 4.99. The molecule has 2 atom stereocenters. The smallest absolute Gasteiger partial charge is 0.104 e. The van der Waals surface area contributed by atoms with E-state index in [0.29, 0.717) is 6.04 Å². The third-order valence-corrected chi connectivity index (χ3v) is 7.16. The van der Waals surface area contributed by atoms with Crippen LogP contribution in [0.2, 0.25) is 0 Å². The number of rotatable bonds is 3. The Kier molecular flexibility index (Phi) is 3.47. The van der Waals surface area contributed by atoms with Crippen LogP contribution in [0.5, 0.6) is 0 Å². The lowest BCUT2D eigenvalue weighted by molar-refractivity contribution is 0.259.